The van der Waals surface area contributed by atoms with Crippen molar-refractivity contribution in [2.24, 2.45) is 0 Å². The summed E-state index contributed by atoms with van der Waals surface area (Å²) >= 11 is 0. The summed E-state index contributed by atoms with van der Waals surface area (Å²) in [5.41, 5.74) is -2.42. The first kappa shape index (κ1) is 18.6. The molecular weight excluding hydrogens is 375 g/mol. The van der Waals surface area contributed by atoms with E-state index in [9.17, 15) is 18.3 Å². The first-order valence-corrected chi connectivity index (χ1v) is 8.68. The Morgan fingerprint density at radius 1 is 1.21 bits per heavy atom. The van der Waals surface area contributed by atoms with Gasteiger partial charge in [-0.3, -0.25) is 14.4 Å². The minimum Gasteiger partial charge on any atom is -0.375 e. The molecule has 3 aromatic rings. The zero-order valence-corrected chi connectivity index (χ0v) is 14.9. The van der Waals surface area contributed by atoms with E-state index in [-0.39, 0.29) is 6.04 Å². The van der Waals surface area contributed by atoms with Crippen molar-refractivity contribution in [1.82, 2.24) is 29.7 Å². The molecule has 0 aliphatic carbocycles. The highest BCUT2D eigenvalue weighted by atomic mass is 19.4. The van der Waals surface area contributed by atoms with E-state index in [1.165, 1.54) is 23.0 Å². The number of aromatic nitrogens is 5. The van der Waals surface area contributed by atoms with Crippen molar-refractivity contribution < 1.29 is 18.3 Å². The molecule has 0 saturated carbocycles. The summed E-state index contributed by atoms with van der Waals surface area (Å²) in [4.78, 5) is 16.6. The maximum absolute atomic E-state index is 13.2. The lowest BCUT2D eigenvalue weighted by molar-refractivity contribution is -0.260. The number of rotatable bonds is 4. The fourth-order valence-corrected chi connectivity index (χ4v) is 3.02. The second kappa shape index (κ2) is 6.67. The van der Waals surface area contributed by atoms with Crippen molar-refractivity contribution in [2.45, 2.75) is 31.2 Å². The normalized spacial score (nSPS) is 19.7. The number of hydrogen-bond acceptors (Lipinski definition) is 7. The first-order chi connectivity index (χ1) is 13.3. The van der Waals surface area contributed by atoms with E-state index in [1.807, 2.05) is 0 Å². The van der Waals surface area contributed by atoms with Crippen LogP contribution in [0.5, 0.6) is 0 Å². The minimum atomic E-state index is -4.87. The topological polar surface area (TPSA) is 100 Å². The largest absolute Gasteiger partial charge is 0.422 e. The molecule has 2 atom stereocenters. The summed E-state index contributed by atoms with van der Waals surface area (Å²) in [6.45, 7) is 2.41. The molecule has 0 aromatic carbocycles. The molecule has 1 aliphatic rings. The average molecular weight is 393 g/mol. The highest BCUT2D eigenvalue weighted by molar-refractivity contribution is 5.60. The van der Waals surface area contributed by atoms with Gasteiger partial charge in [-0.15, -0.1) is 0 Å². The molecule has 28 heavy (non-hydrogen) atoms. The first-order valence-electron chi connectivity index (χ1n) is 8.68. The molecule has 8 nitrogen and oxygen atoms in total. The fraction of sp³-hybridized carbons (Fsp3) is 0.412. The van der Waals surface area contributed by atoms with Crippen LogP contribution in [0.15, 0.2) is 31.0 Å². The number of fused-ring (bicyclic) bond motifs is 1. The van der Waals surface area contributed by atoms with Crippen LogP contribution in [-0.2, 0) is 5.60 Å². The van der Waals surface area contributed by atoms with Gasteiger partial charge < -0.3 is 15.7 Å². The Kier molecular flexibility index (Phi) is 4.42. The molecule has 148 valence electrons. The smallest absolute Gasteiger partial charge is 0.375 e. The molecule has 1 unspecified atom stereocenters. The molecular formula is C17H18F3N7O. The van der Waals surface area contributed by atoms with Gasteiger partial charge in [0.05, 0.1) is 36.2 Å². The third-order valence-electron chi connectivity index (χ3n) is 4.76. The Hall–Kier alpha value is -2.79. The lowest BCUT2D eigenvalue weighted by Crippen LogP contribution is -2.40. The van der Waals surface area contributed by atoms with E-state index in [0.717, 1.165) is 25.7 Å². The highest BCUT2D eigenvalue weighted by Gasteiger charge is 2.52. The number of imidazole rings is 1. The third-order valence-corrected chi connectivity index (χ3v) is 4.76. The van der Waals surface area contributed by atoms with Crippen LogP contribution in [0.2, 0.25) is 0 Å². The van der Waals surface area contributed by atoms with Crippen LogP contribution in [0.1, 0.15) is 19.0 Å². The van der Waals surface area contributed by atoms with Gasteiger partial charge in [-0.2, -0.15) is 13.2 Å². The Balaban J connectivity index is 1.72. The molecule has 0 amide bonds. The summed E-state index contributed by atoms with van der Waals surface area (Å²) in [5, 5.41) is 16.4. The number of halogens is 3. The SMILES string of the molecule is CC(O)(c1cn2c(-c3cncc(N[C@@H]4CCNC4)n3)cnc2cn1)C(F)(F)F. The van der Waals surface area contributed by atoms with E-state index >= 15 is 0 Å². The van der Waals surface area contributed by atoms with Crippen LogP contribution >= 0.6 is 0 Å². The van der Waals surface area contributed by atoms with Crippen molar-refractivity contribution in [3.8, 4) is 11.4 Å². The van der Waals surface area contributed by atoms with Gasteiger partial charge in [0.1, 0.15) is 11.5 Å². The zero-order chi connectivity index (χ0) is 19.9. The van der Waals surface area contributed by atoms with Crippen LogP contribution < -0.4 is 10.6 Å². The molecule has 11 heteroatoms. The molecule has 1 aliphatic heterocycles. The molecule has 0 spiro atoms. The molecule has 3 N–H and O–H groups in total. The Morgan fingerprint density at radius 3 is 2.75 bits per heavy atom. The maximum atomic E-state index is 13.2. The van der Waals surface area contributed by atoms with Gasteiger partial charge >= 0.3 is 6.18 Å². The quantitative estimate of drug-likeness (QED) is 0.621. The second-order valence-electron chi connectivity index (χ2n) is 6.84. The Morgan fingerprint density at radius 2 is 2.04 bits per heavy atom. The van der Waals surface area contributed by atoms with Crippen LogP contribution in [-0.4, -0.2) is 54.8 Å². The van der Waals surface area contributed by atoms with Gasteiger partial charge in [0.15, 0.2) is 5.65 Å². The number of alkyl halides is 3. The highest BCUT2D eigenvalue weighted by Crippen LogP contribution is 2.37. The molecule has 1 saturated heterocycles. The standard InChI is InChI=1S/C17H18F3N7O/c1-16(28,17(18,19)20)13-9-27-12(6-24-15(27)8-23-13)11-5-22-7-14(26-11)25-10-2-3-21-4-10/h5-10,21,28H,2-4H2,1H3,(H,25,26)/t10-,16?/m1/s1. The second-order valence-corrected chi connectivity index (χ2v) is 6.84. The van der Waals surface area contributed by atoms with E-state index in [0.29, 0.717) is 29.8 Å². The van der Waals surface area contributed by atoms with Gasteiger partial charge in [-0.05, 0) is 19.9 Å². The molecule has 1 fully saturated rings. The van der Waals surface area contributed by atoms with Gasteiger partial charge in [-0.1, -0.05) is 0 Å². The molecule has 0 radical (unpaired) electrons. The van der Waals surface area contributed by atoms with Gasteiger partial charge in [-0.25, -0.2) is 9.97 Å². The predicted octanol–water partition coefficient (Wildman–Crippen LogP) is 1.73. The summed E-state index contributed by atoms with van der Waals surface area (Å²) in [5.74, 6) is 0.567. The van der Waals surface area contributed by atoms with Gasteiger partial charge in [0.25, 0.3) is 0 Å². The van der Waals surface area contributed by atoms with E-state index in [2.05, 4.69) is 30.6 Å². The average Bonchev–Trinajstić information content (AvgIpc) is 3.30. The monoisotopic (exact) mass is 393 g/mol. The number of aliphatic hydroxyl groups is 1. The summed E-state index contributed by atoms with van der Waals surface area (Å²) in [6.07, 6.45) is 2.97. The van der Waals surface area contributed by atoms with E-state index < -0.39 is 17.5 Å². The van der Waals surface area contributed by atoms with Crippen LogP contribution in [0.3, 0.4) is 0 Å². The summed E-state index contributed by atoms with van der Waals surface area (Å²) < 4.78 is 40.9. The molecule has 3 aromatic heterocycles. The molecule has 4 rings (SSSR count). The van der Waals surface area contributed by atoms with Crippen molar-refractivity contribution >= 4 is 11.5 Å². The fourth-order valence-electron chi connectivity index (χ4n) is 3.02. The van der Waals surface area contributed by atoms with Gasteiger partial charge in [0.2, 0.25) is 5.60 Å². The van der Waals surface area contributed by atoms with Crippen LogP contribution in [0.25, 0.3) is 17.0 Å². The van der Waals surface area contributed by atoms with E-state index in [1.54, 1.807) is 6.20 Å². The van der Waals surface area contributed by atoms with Crippen molar-refractivity contribution in [2.75, 3.05) is 18.4 Å². The van der Waals surface area contributed by atoms with Crippen LogP contribution in [0.4, 0.5) is 19.0 Å². The summed E-state index contributed by atoms with van der Waals surface area (Å²) in [6, 6.07) is 0.240. The maximum Gasteiger partial charge on any atom is 0.422 e. The van der Waals surface area contributed by atoms with Crippen molar-refractivity contribution in [3.63, 3.8) is 0 Å². The lowest BCUT2D eigenvalue weighted by Gasteiger charge is -2.25. The van der Waals surface area contributed by atoms with Crippen LogP contribution in [0, 0.1) is 0 Å². The van der Waals surface area contributed by atoms with E-state index in [4.69, 9.17) is 0 Å². The summed E-state index contributed by atoms with van der Waals surface area (Å²) in [7, 11) is 0. The number of nitrogens with zero attached hydrogens (tertiary/aromatic N) is 5. The predicted molar refractivity (Wildman–Crippen MR) is 94.5 cm³/mol. The number of hydrogen-bond donors (Lipinski definition) is 3. The third kappa shape index (κ3) is 3.27. The molecule has 4 heterocycles. The minimum absolute atomic E-state index is 0.240. The molecule has 0 bridgehead atoms. The van der Waals surface area contributed by atoms with Crippen molar-refractivity contribution in [3.05, 3.63) is 36.7 Å². The van der Waals surface area contributed by atoms with Crippen molar-refractivity contribution in [1.29, 1.82) is 0 Å². The number of nitrogens with one attached hydrogen (secondary N) is 2. The Bertz CT molecular complexity index is 996. The number of anilines is 1. The van der Waals surface area contributed by atoms with Gasteiger partial charge in [0, 0.05) is 18.8 Å². The lowest BCUT2D eigenvalue weighted by atomic mass is 10.0. The Labute approximate surface area is 157 Å². The zero-order valence-electron chi connectivity index (χ0n) is 14.9.